The Bertz CT molecular complexity index is 594. The fourth-order valence-corrected chi connectivity index (χ4v) is 2.28. The topological polar surface area (TPSA) is 67.1 Å². The highest BCUT2D eigenvalue weighted by atomic mass is 35.5. The van der Waals surface area contributed by atoms with Gasteiger partial charge in [-0.1, -0.05) is 24.6 Å². The van der Waals surface area contributed by atoms with Gasteiger partial charge in [0.1, 0.15) is 5.15 Å². The first-order valence-electron chi connectivity index (χ1n) is 7.69. The maximum atomic E-state index is 5.78. The molecule has 0 fully saturated rings. The Balaban J connectivity index is 1.67. The fourth-order valence-electron chi connectivity index (χ4n) is 2.16. The number of rotatable bonds is 7. The van der Waals surface area contributed by atoms with E-state index in [4.69, 9.17) is 11.6 Å². The van der Waals surface area contributed by atoms with Crippen LogP contribution >= 0.6 is 11.6 Å². The lowest BCUT2D eigenvalue weighted by Gasteiger charge is -2.16. The summed E-state index contributed by atoms with van der Waals surface area (Å²) in [5.41, 5.74) is 1.14. The zero-order valence-corrected chi connectivity index (χ0v) is 14.3. The predicted molar refractivity (Wildman–Crippen MR) is 93.7 cm³/mol. The molecule has 0 spiro atoms. The summed E-state index contributed by atoms with van der Waals surface area (Å²) in [7, 11) is 1.78. The Morgan fingerprint density at radius 3 is 2.91 bits per heavy atom. The molecule has 0 radical (unpaired) electrons. The molecule has 2 aromatic heterocycles. The van der Waals surface area contributed by atoms with Crippen LogP contribution in [0.5, 0.6) is 0 Å². The second kappa shape index (κ2) is 9.15. The van der Waals surface area contributed by atoms with Gasteiger partial charge in [-0.15, -0.1) is 0 Å². The molecule has 2 rings (SSSR count). The van der Waals surface area contributed by atoms with E-state index in [1.54, 1.807) is 25.5 Å². The van der Waals surface area contributed by atoms with Crippen LogP contribution in [0.2, 0.25) is 5.15 Å². The van der Waals surface area contributed by atoms with Crippen LogP contribution < -0.4 is 10.6 Å². The van der Waals surface area contributed by atoms with Crippen LogP contribution in [0.4, 0.5) is 0 Å². The highest BCUT2D eigenvalue weighted by molar-refractivity contribution is 6.29. The Morgan fingerprint density at radius 2 is 2.26 bits per heavy atom. The van der Waals surface area contributed by atoms with Gasteiger partial charge in [-0.25, -0.2) is 4.98 Å². The summed E-state index contributed by atoms with van der Waals surface area (Å²) in [5.74, 6) is 1.26. The van der Waals surface area contributed by atoms with E-state index in [2.05, 4.69) is 32.6 Å². The molecular formula is C16H23ClN6. The van der Waals surface area contributed by atoms with E-state index in [0.29, 0.717) is 11.1 Å². The summed E-state index contributed by atoms with van der Waals surface area (Å²) in [6.07, 6.45) is 6.44. The molecule has 0 saturated heterocycles. The Kier molecular flexibility index (Phi) is 6.87. The number of pyridine rings is 1. The van der Waals surface area contributed by atoms with Gasteiger partial charge in [-0.05, 0) is 30.0 Å². The van der Waals surface area contributed by atoms with Gasteiger partial charge in [0.2, 0.25) is 0 Å². The molecule has 0 saturated carbocycles. The first-order chi connectivity index (χ1) is 11.2. The van der Waals surface area contributed by atoms with Crippen molar-refractivity contribution in [2.45, 2.75) is 19.9 Å². The van der Waals surface area contributed by atoms with Crippen molar-refractivity contribution in [3.05, 3.63) is 47.5 Å². The van der Waals surface area contributed by atoms with Gasteiger partial charge in [0.05, 0.1) is 0 Å². The normalized spacial score (nSPS) is 12.9. The van der Waals surface area contributed by atoms with Gasteiger partial charge in [0.15, 0.2) is 5.96 Å². The van der Waals surface area contributed by atoms with Gasteiger partial charge in [0.25, 0.3) is 0 Å². The average Bonchev–Trinajstić information content (AvgIpc) is 3.05. The molecule has 7 heteroatoms. The Morgan fingerprint density at radius 1 is 1.39 bits per heavy atom. The van der Waals surface area contributed by atoms with Crippen molar-refractivity contribution in [3.63, 3.8) is 0 Å². The lowest BCUT2D eigenvalue weighted by molar-refractivity contribution is 0.443. The number of aromatic nitrogens is 3. The molecule has 0 aromatic carbocycles. The van der Waals surface area contributed by atoms with Crippen LogP contribution in [0.15, 0.2) is 41.8 Å². The van der Waals surface area contributed by atoms with E-state index in [9.17, 15) is 0 Å². The van der Waals surface area contributed by atoms with E-state index in [1.807, 2.05) is 23.0 Å². The van der Waals surface area contributed by atoms with Gasteiger partial charge in [0, 0.05) is 45.3 Å². The van der Waals surface area contributed by atoms with E-state index in [1.165, 1.54) is 0 Å². The van der Waals surface area contributed by atoms with E-state index < -0.39 is 0 Å². The quantitative estimate of drug-likeness (QED) is 0.461. The molecule has 2 heterocycles. The molecule has 0 aliphatic heterocycles. The Hall–Kier alpha value is -2.08. The smallest absolute Gasteiger partial charge is 0.190 e. The molecule has 6 nitrogen and oxygen atoms in total. The molecule has 2 N–H and O–H groups in total. The standard InChI is InChI=1S/C16H23ClN6/c1-13(12-23-9-3-7-22-23)10-21-16(18-2)19-8-6-14-4-5-15(17)20-11-14/h3-5,7,9,11,13H,6,8,10,12H2,1-2H3,(H2,18,19,21). The predicted octanol–water partition coefficient (Wildman–Crippen LogP) is 1.98. The first-order valence-corrected chi connectivity index (χ1v) is 8.07. The third-order valence-corrected chi connectivity index (χ3v) is 3.62. The second-order valence-electron chi connectivity index (χ2n) is 5.45. The van der Waals surface area contributed by atoms with Crippen molar-refractivity contribution in [2.24, 2.45) is 10.9 Å². The minimum atomic E-state index is 0.453. The third kappa shape index (κ3) is 6.28. The van der Waals surface area contributed by atoms with E-state index in [-0.39, 0.29) is 0 Å². The molecule has 0 aliphatic carbocycles. The summed E-state index contributed by atoms with van der Waals surface area (Å²) >= 11 is 5.78. The summed E-state index contributed by atoms with van der Waals surface area (Å²) < 4.78 is 1.94. The summed E-state index contributed by atoms with van der Waals surface area (Å²) in [6, 6.07) is 5.73. The Labute approximate surface area is 142 Å². The molecule has 1 unspecified atom stereocenters. The molecule has 23 heavy (non-hydrogen) atoms. The van der Waals surface area contributed by atoms with Crippen molar-refractivity contribution in [2.75, 3.05) is 20.1 Å². The van der Waals surface area contributed by atoms with Gasteiger partial charge >= 0.3 is 0 Å². The van der Waals surface area contributed by atoms with Crippen LogP contribution in [0, 0.1) is 5.92 Å². The average molecular weight is 335 g/mol. The fraction of sp³-hybridized carbons (Fsp3) is 0.438. The highest BCUT2D eigenvalue weighted by Gasteiger charge is 2.05. The van der Waals surface area contributed by atoms with Crippen molar-refractivity contribution in [3.8, 4) is 0 Å². The number of halogens is 1. The van der Waals surface area contributed by atoms with E-state index in [0.717, 1.165) is 37.6 Å². The SMILES string of the molecule is CN=C(NCCc1ccc(Cl)nc1)NCC(C)Cn1cccn1. The molecule has 2 aromatic rings. The zero-order chi connectivity index (χ0) is 16.5. The summed E-state index contributed by atoms with van der Waals surface area (Å²) in [6.45, 7) is 4.69. The number of hydrogen-bond acceptors (Lipinski definition) is 3. The molecular weight excluding hydrogens is 312 g/mol. The van der Waals surface area contributed by atoms with Crippen molar-refractivity contribution >= 4 is 17.6 Å². The van der Waals surface area contributed by atoms with Crippen LogP contribution in [0.1, 0.15) is 12.5 Å². The maximum absolute atomic E-state index is 5.78. The van der Waals surface area contributed by atoms with Crippen LogP contribution in [0.3, 0.4) is 0 Å². The molecule has 0 bridgehead atoms. The van der Waals surface area contributed by atoms with Gasteiger partial charge in [-0.2, -0.15) is 5.10 Å². The number of nitrogens with zero attached hydrogens (tertiary/aromatic N) is 4. The minimum Gasteiger partial charge on any atom is -0.356 e. The number of nitrogens with one attached hydrogen (secondary N) is 2. The van der Waals surface area contributed by atoms with E-state index >= 15 is 0 Å². The first kappa shape index (κ1) is 17.3. The summed E-state index contributed by atoms with van der Waals surface area (Å²) in [4.78, 5) is 8.31. The largest absolute Gasteiger partial charge is 0.356 e. The van der Waals surface area contributed by atoms with Crippen LogP contribution in [0.25, 0.3) is 0 Å². The van der Waals surface area contributed by atoms with Crippen molar-refractivity contribution in [1.29, 1.82) is 0 Å². The molecule has 0 amide bonds. The molecule has 0 aliphatic rings. The molecule has 124 valence electrons. The number of aliphatic imine (C=N–C) groups is 1. The van der Waals surface area contributed by atoms with Gasteiger partial charge in [-0.3, -0.25) is 9.67 Å². The number of guanidine groups is 1. The minimum absolute atomic E-state index is 0.453. The van der Waals surface area contributed by atoms with Crippen LogP contribution in [-0.2, 0) is 13.0 Å². The maximum Gasteiger partial charge on any atom is 0.190 e. The lowest BCUT2D eigenvalue weighted by atomic mass is 10.2. The second-order valence-corrected chi connectivity index (χ2v) is 5.84. The van der Waals surface area contributed by atoms with Crippen molar-refractivity contribution in [1.82, 2.24) is 25.4 Å². The third-order valence-electron chi connectivity index (χ3n) is 3.39. The van der Waals surface area contributed by atoms with Crippen LogP contribution in [-0.4, -0.2) is 40.9 Å². The zero-order valence-electron chi connectivity index (χ0n) is 13.5. The summed E-state index contributed by atoms with van der Waals surface area (Å²) in [5, 5.41) is 11.4. The number of hydrogen-bond donors (Lipinski definition) is 2. The highest BCUT2D eigenvalue weighted by Crippen LogP contribution is 2.05. The molecule has 1 atom stereocenters. The lowest BCUT2D eigenvalue weighted by Crippen LogP contribution is -2.40. The monoisotopic (exact) mass is 334 g/mol. The van der Waals surface area contributed by atoms with Gasteiger partial charge < -0.3 is 10.6 Å². The van der Waals surface area contributed by atoms with Crippen molar-refractivity contribution < 1.29 is 0 Å².